The number of carbonyl (C=O) groups is 1. The first kappa shape index (κ1) is 23.0. The first-order valence-electron chi connectivity index (χ1n) is 10.2. The van der Waals surface area contributed by atoms with Crippen LogP contribution in [-0.2, 0) is 21.0 Å². The summed E-state index contributed by atoms with van der Waals surface area (Å²) in [6.07, 6.45) is -1.70. The molecule has 1 saturated carbocycles. The van der Waals surface area contributed by atoms with Crippen LogP contribution in [0.4, 0.5) is 13.2 Å². The number of alkyl halides is 3. The molecular weight excluding hydrogens is 419 g/mol. The zero-order chi connectivity index (χ0) is 22.3. The van der Waals surface area contributed by atoms with Gasteiger partial charge in [-0.3, -0.25) is 4.79 Å². The third-order valence-corrected chi connectivity index (χ3v) is 8.17. The third-order valence-electron chi connectivity index (χ3n) is 6.35. The van der Waals surface area contributed by atoms with Gasteiger partial charge in [0.1, 0.15) is 0 Å². The number of hydrogen-bond donors (Lipinski definition) is 1. The standard InChI is InChI=1S/C20H28F3N3O3S/c1-3-5-17(24)19(27)25(2)18-9-8-13-11-26(12-16(13)18)30(28,29)15-7-4-6-14(10-15)20(21,22)23/h4,6-7,10,13,16-18H,3,5,8-9,11-12,24H2,1-2H3/t13-,16+,17+,18+/m1/s1. The van der Waals surface area contributed by atoms with Crippen molar-refractivity contribution < 1.29 is 26.4 Å². The topological polar surface area (TPSA) is 83.7 Å². The van der Waals surface area contributed by atoms with Crippen molar-refractivity contribution in [1.82, 2.24) is 9.21 Å². The van der Waals surface area contributed by atoms with Gasteiger partial charge in [0.15, 0.2) is 0 Å². The fourth-order valence-electron chi connectivity index (χ4n) is 4.71. The van der Waals surface area contributed by atoms with E-state index >= 15 is 0 Å². The summed E-state index contributed by atoms with van der Waals surface area (Å²) in [7, 11) is -2.35. The van der Waals surface area contributed by atoms with E-state index in [1.807, 2.05) is 6.92 Å². The molecule has 10 heteroatoms. The van der Waals surface area contributed by atoms with Crippen LogP contribution in [0.3, 0.4) is 0 Å². The number of hydrogen-bond acceptors (Lipinski definition) is 4. The zero-order valence-corrected chi connectivity index (χ0v) is 17.9. The average molecular weight is 448 g/mol. The Bertz CT molecular complexity index is 891. The van der Waals surface area contributed by atoms with E-state index in [1.54, 1.807) is 11.9 Å². The molecule has 1 saturated heterocycles. The molecule has 1 aromatic carbocycles. The Morgan fingerprint density at radius 3 is 2.63 bits per heavy atom. The fraction of sp³-hybridized carbons (Fsp3) is 0.650. The van der Waals surface area contributed by atoms with Crippen molar-refractivity contribution in [2.24, 2.45) is 17.6 Å². The summed E-state index contributed by atoms with van der Waals surface area (Å²) in [5.74, 6) is -0.122. The number of nitrogens with zero attached hydrogens (tertiary/aromatic N) is 2. The minimum absolute atomic E-state index is 0.0478. The molecule has 1 aromatic rings. The van der Waals surface area contributed by atoms with E-state index in [0.717, 1.165) is 31.4 Å². The van der Waals surface area contributed by atoms with Crippen LogP contribution in [0.2, 0.25) is 0 Å². The molecule has 1 heterocycles. The van der Waals surface area contributed by atoms with Crippen molar-refractivity contribution in [1.29, 1.82) is 0 Å². The molecule has 6 nitrogen and oxygen atoms in total. The maximum atomic E-state index is 13.0. The van der Waals surface area contributed by atoms with Crippen molar-refractivity contribution in [3.05, 3.63) is 29.8 Å². The zero-order valence-electron chi connectivity index (χ0n) is 17.1. The lowest BCUT2D eigenvalue weighted by molar-refractivity contribution is -0.137. The number of likely N-dealkylation sites (N-methyl/N-ethyl adjacent to an activating group) is 1. The highest BCUT2D eigenvalue weighted by molar-refractivity contribution is 7.89. The van der Waals surface area contributed by atoms with Crippen LogP contribution < -0.4 is 5.73 Å². The summed E-state index contributed by atoms with van der Waals surface area (Å²) >= 11 is 0. The predicted molar refractivity (Wildman–Crippen MR) is 106 cm³/mol. The summed E-state index contributed by atoms with van der Waals surface area (Å²) in [6, 6.07) is 3.14. The molecule has 168 valence electrons. The van der Waals surface area contributed by atoms with Crippen LogP contribution in [0.25, 0.3) is 0 Å². The summed E-state index contributed by atoms with van der Waals surface area (Å²) in [4.78, 5) is 13.9. The molecule has 2 N–H and O–H groups in total. The number of carbonyl (C=O) groups excluding carboxylic acids is 1. The Kier molecular flexibility index (Phi) is 6.50. The van der Waals surface area contributed by atoms with E-state index in [-0.39, 0.29) is 41.8 Å². The Balaban J connectivity index is 1.77. The highest BCUT2D eigenvalue weighted by Gasteiger charge is 2.48. The van der Waals surface area contributed by atoms with Gasteiger partial charge >= 0.3 is 6.18 Å². The molecule has 0 aromatic heterocycles. The Hall–Kier alpha value is -1.65. The molecule has 4 atom stereocenters. The molecule has 1 aliphatic heterocycles. The molecule has 2 aliphatic rings. The van der Waals surface area contributed by atoms with Gasteiger partial charge in [0.2, 0.25) is 15.9 Å². The molecule has 1 amide bonds. The van der Waals surface area contributed by atoms with E-state index < -0.39 is 27.8 Å². The average Bonchev–Trinajstić information content (AvgIpc) is 3.27. The van der Waals surface area contributed by atoms with Gasteiger partial charge in [-0.15, -0.1) is 0 Å². The monoisotopic (exact) mass is 447 g/mol. The molecule has 0 spiro atoms. The summed E-state index contributed by atoms with van der Waals surface area (Å²) in [5, 5.41) is 0. The van der Waals surface area contributed by atoms with Gasteiger partial charge in [0, 0.05) is 26.2 Å². The van der Waals surface area contributed by atoms with Crippen molar-refractivity contribution in [2.75, 3.05) is 20.1 Å². The van der Waals surface area contributed by atoms with Crippen molar-refractivity contribution >= 4 is 15.9 Å². The van der Waals surface area contributed by atoms with Crippen LogP contribution in [0.1, 0.15) is 38.2 Å². The number of halogens is 3. The first-order chi connectivity index (χ1) is 14.0. The largest absolute Gasteiger partial charge is 0.416 e. The molecular formula is C20H28F3N3O3S. The number of fused-ring (bicyclic) bond motifs is 1. The van der Waals surface area contributed by atoms with Crippen LogP contribution in [0.15, 0.2) is 29.2 Å². The maximum Gasteiger partial charge on any atom is 0.416 e. The summed E-state index contributed by atoms with van der Waals surface area (Å²) < 4.78 is 66.3. The second-order valence-corrected chi connectivity index (χ2v) is 10.2. The van der Waals surface area contributed by atoms with E-state index in [9.17, 15) is 26.4 Å². The van der Waals surface area contributed by atoms with Crippen molar-refractivity contribution in [3.8, 4) is 0 Å². The number of nitrogens with two attached hydrogens (primary N) is 1. The second-order valence-electron chi connectivity index (χ2n) is 8.26. The molecule has 2 fully saturated rings. The van der Waals surface area contributed by atoms with Crippen LogP contribution in [-0.4, -0.2) is 55.8 Å². The SMILES string of the molecule is CCC[C@H](N)C(=O)N(C)[C@H]1CC[C@@H]2CN(S(=O)(=O)c3cccc(C(F)(F)F)c3)C[C@@H]21. The predicted octanol–water partition coefficient (Wildman–Crippen LogP) is 2.69. The van der Waals surface area contributed by atoms with Gasteiger partial charge in [0.05, 0.1) is 16.5 Å². The number of rotatable bonds is 6. The van der Waals surface area contributed by atoms with Crippen molar-refractivity contribution in [3.63, 3.8) is 0 Å². The fourth-order valence-corrected chi connectivity index (χ4v) is 6.30. The summed E-state index contributed by atoms with van der Waals surface area (Å²) in [5.41, 5.74) is 4.98. The van der Waals surface area contributed by atoms with Crippen LogP contribution in [0.5, 0.6) is 0 Å². The van der Waals surface area contributed by atoms with E-state index in [2.05, 4.69) is 0 Å². The third kappa shape index (κ3) is 4.36. The lowest BCUT2D eigenvalue weighted by atomic mass is 9.96. The molecule has 30 heavy (non-hydrogen) atoms. The first-order valence-corrected chi connectivity index (χ1v) is 11.6. The Labute approximate surface area is 175 Å². The lowest BCUT2D eigenvalue weighted by Crippen LogP contribution is -2.48. The van der Waals surface area contributed by atoms with E-state index in [4.69, 9.17) is 5.73 Å². The number of sulfonamides is 1. The van der Waals surface area contributed by atoms with Crippen LogP contribution >= 0.6 is 0 Å². The lowest BCUT2D eigenvalue weighted by Gasteiger charge is -2.31. The molecule has 1 aliphatic carbocycles. The quantitative estimate of drug-likeness (QED) is 0.727. The highest BCUT2D eigenvalue weighted by Crippen LogP contribution is 2.42. The van der Waals surface area contributed by atoms with Gasteiger partial charge < -0.3 is 10.6 Å². The summed E-state index contributed by atoms with van der Waals surface area (Å²) in [6.45, 7) is 2.39. The maximum absolute atomic E-state index is 13.0. The Morgan fingerprint density at radius 1 is 1.30 bits per heavy atom. The minimum atomic E-state index is -4.61. The van der Waals surface area contributed by atoms with E-state index in [0.29, 0.717) is 12.5 Å². The molecule has 0 radical (unpaired) electrons. The number of benzene rings is 1. The molecule has 0 unspecified atom stereocenters. The van der Waals surface area contributed by atoms with Gasteiger partial charge in [-0.1, -0.05) is 19.4 Å². The second kappa shape index (κ2) is 8.47. The number of amides is 1. The highest BCUT2D eigenvalue weighted by atomic mass is 32.2. The molecule has 0 bridgehead atoms. The Morgan fingerprint density at radius 2 is 2.00 bits per heavy atom. The van der Waals surface area contributed by atoms with Gasteiger partial charge in [0.25, 0.3) is 0 Å². The van der Waals surface area contributed by atoms with E-state index in [1.165, 1.54) is 10.4 Å². The minimum Gasteiger partial charge on any atom is -0.341 e. The van der Waals surface area contributed by atoms with Gasteiger partial charge in [-0.25, -0.2) is 8.42 Å². The normalized spacial score (nSPS) is 25.9. The van der Waals surface area contributed by atoms with Gasteiger partial charge in [-0.2, -0.15) is 17.5 Å². The van der Waals surface area contributed by atoms with Gasteiger partial charge in [-0.05, 0) is 49.3 Å². The smallest absolute Gasteiger partial charge is 0.341 e. The van der Waals surface area contributed by atoms with Crippen molar-refractivity contribution in [2.45, 2.75) is 55.8 Å². The molecule has 3 rings (SSSR count). The van der Waals surface area contributed by atoms with Crippen LogP contribution in [0, 0.1) is 11.8 Å².